The minimum absolute atomic E-state index is 0.176. The number of ether oxygens (including phenoxy) is 1. The average molecular weight is 240 g/mol. The third-order valence-electron chi connectivity index (χ3n) is 3.43. The van der Waals surface area contributed by atoms with Crippen LogP contribution in [0.4, 0.5) is 0 Å². The lowest BCUT2D eigenvalue weighted by Crippen LogP contribution is -2.19. The zero-order chi connectivity index (χ0) is 12.4. The predicted octanol–water partition coefficient (Wildman–Crippen LogP) is 2.36. The molecule has 0 saturated carbocycles. The summed E-state index contributed by atoms with van der Waals surface area (Å²) in [5.41, 5.74) is 8.08. The molecule has 1 aliphatic heterocycles. The number of amidine groups is 1. The molecule has 1 heterocycles. The van der Waals surface area contributed by atoms with Gasteiger partial charge in [-0.05, 0) is 17.6 Å². The van der Waals surface area contributed by atoms with Gasteiger partial charge in [-0.15, -0.1) is 0 Å². The van der Waals surface area contributed by atoms with Gasteiger partial charge in [0.25, 0.3) is 6.02 Å². The van der Waals surface area contributed by atoms with E-state index in [0.717, 1.165) is 6.42 Å². The molecule has 92 valence electrons. The normalized spacial score (nSPS) is 26.4. The number of nitrogens with two attached hydrogens (primary N) is 1. The highest BCUT2D eigenvalue weighted by Gasteiger charge is 2.25. The Bertz CT molecular complexity index is 517. The van der Waals surface area contributed by atoms with E-state index < -0.39 is 0 Å². The SMILES string of the molecule is NC1=N[C@H](C2C=CC(c3ccccc3)=CC2)CO1. The van der Waals surface area contributed by atoms with Gasteiger partial charge in [-0.3, -0.25) is 0 Å². The van der Waals surface area contributed by atoms with Gasteiger partial charge in [0.15, 0.2) is 0 Å². The summed E-state index contributed by atoms with van der Waals surface area (Å²) in [6.45, 7) is 0.606. The van der Waals surface area contributed by atoms with Crippen molar-refractivity contribution in [3.63, 3.8) is 0 Å². The van der Waals surface area contributed by atoms with E-state index in [-0.39, 0.29) is 6.04 Å². The van der Waals surface area contributed by atoms with Gasteiger partial charge < -0.3 is 10.5 Å². The number of rotatable bonds is 2. The molecule has 2 N–H and O–H groups in total. The molecule has 2 aliphatic rings. The molecule has 3 nitrogen and oxygen atoms in total. The van der Waals surface area contributed by atoms with Crippen LogP contribution in [0.15, 0.2) is 53.6 Å². The number of hydrogen-bond acceptors (Lipinski definition) is 3. The summed E-state index contributed by atoms with van der Waals surface area (Å²) >= 11 is 0. The molecule has 1 aromatic carbocycles. The summed E-state index contributed by atoms with van der Waals surface area (Å²) in [4.78, 5) is 4.30. The van der Waals surface area contributed by atoms with Crippen LogP contribution in [0, 0.1) is 5.92 Å². The van der Waals surface area contributed by atoms with Crippen LogP contribution in [0.5, 0.6) is 0 Å². The van der Waals surface area contributed by atoms with Gasteiger partial charge in [0.05, 0.1) is 6.04 Å². The van der Waals surface area contributed by atoms with Crippen molar-refractivity contribution in [1.29, 1.82) is 0 Å². The fourth-order valence-corrected chi connectivity index (χ4v) is 2.40. The van der Waals surface area contributed by atoms with Crippen LogP contribution >= 0.6 is 0 Å². The number of allylic oxidation sites excluding steroid dienone is 3. The summed E-state index contributed by atoms with van der Waals surface area (Å²) in [5, 5.41) is 0. The molecule has 1 aliphatic carbocycles. The number of benzene rings is 1. The Morgan fingerprint density at radius 1 is 1.22 bits per heavy atom. The second kappa shape index (κ2) is 4.69. The van der Waals surface area contributed by atoms with Crippen molar-refractivity contribution >= 4 is 11.6 Å². The highest BCUT2D eigenvalue weighted by molar-refractivity contribution is 5.75. The van der Waals surface area contributed by atoms with Crippen LogP contribution < -0.4 is 5.73 Å². The lowest BCUT2D eigenvalue weighted by molar-refractivity contribution is 0.291. The second-order valence-electron chi connectivity index (χ2n) is 4.63. The van der Waals surface area contributed by atoms with Crippen molar-refractivity contribution in [3.8, 4) is 0 Å². The van der Waals surface area contributed by atoms with Crippen molar-refractivity contribution in [2.75, 3.05) is 6.61 Å². The van der Waals surface area contributed by atoms with Gasteiger partial charge in [-0.25, -0.2) is 4.99 Å². The Kier molecular flexibility index (Phi) is 2.89. The zero-order valence-corrected chi connectivity index (χ0v) is 10.1. The lowest BCUT2D eigenvalue weighted by atomic mass is 9.89. The van der Waals surface area contributed by atoms with E-state index in [1.54, 1.807) is 0 Å². The van der Waals surface area contributed by atoms with Crippen molar-refractivity contribution in [1.82, 2.24) is 0 Å². The minimum atomic E-state index is 0.176. The summed E-state index contributed by atoms with van der Waals surface area (Å²) < 4.78 is 5.20. The molecule has 0 fully saturated rings. The molecule has 0 bridgehead atoms. The van der Waals surface area contributed by atoms with E-state index in [9.17, 15) is 0 Å². The molecule has 1 aromatic rings. The first-order valence-electron chi connectivity index (χ1n) is 6.23. The fraction of sp³-hybridized carbons (Fsp3) is 0.267. The highest BCUT2D eigenvalue weighted by Crippen LogP contribution is 2.28. The third kappa shape index (κ3) is 2.16. The standard InChI is InChI=1S/C15H16N2O/c16-15-17-14(10-18-15)13-8-6-12(7-9-13)11-4-2-1-3-5-11/h1-8,13-14H,9-10H2,(H2,16,17)/t13?,14-/m0/s1. The van der Waals surface area contributed by atoms with Crippen LogP contribution in [0.2, 0.25) is 0 Å². The van der Waals surface area contributed by atoms with Gasteiger partial charge in [-0.1, -0.05) is 48.6 Å². The molecule has 2 atom stereocenters. The summed E-state index contributed by atoms with van der Waals surface area (Å²) in [5.74, 6) is 0.401. The van der Waals surface area contributed by atoms with Gasteiger partial charge in [0.1, 0.15) is 6.61 Å². The molecule has 0 radical (unpaired) electrons. The third-order valence-corrected chi connectivity index (χ3v) is 3.43. The Morgan fingerprint density at radius 2 is 2.06 bits per heavy atom. The zero-order valence-electron chi connectivity index (χ0n) is 10.1. The largest absolute Gasteiger partial charge is 0.463 e. The Labute approximate surface area is 107 Å². The molecule has 1 unspecified atom stereocenters. The van der Waals surface area contributed by atoms with Gasteiger partial charge in [-0.2, -0.15) is 0 Å². The molecular weight excluding hydrogens is 224 g/mol. The van der Waals surface area contributed by atoms with Crippen molar-refractivity contribution < 1.29 is 4.74 Å². The smallest absolute Gasteiger partial charge is 0.282 e. The van der Waals surface area contributed by atoms with E-state index in [4.69, 9.17) is 10.5 Å². The molecule has 3 heteroatoms. The van der Waals surface area contributed by atoms with Crippen LogP contribution in [0.25, 0.3) is 5.57 Å². The van der Waals surface area contributed by atoms with Crippen LogP contribution in [0.1, 0.15) is 12.0 Å². The van der Waals surface area contributed by atoms with E-state index in [1.165, 1.54) is 11.1 Å². The van der Waals surface area contributed by atoms with E-state index >= 15 is 0 Å². The quantitative estimate of drug-likeness (QED) is 0.862. The van der Waals surface area contributed by atoms with E-state index in [1.807, 2.05) is 6.07 Å². The molecule has 3 rings (SSSR count). The second-order valence-corrected chi connectivity index (χ2v) is 4.63. The van der Waals surface area contributed by atoms with Crippen molar-refractivity contribution in [2.24, 2.45) is 16.6 Å². The summed E-state index contributed by atoms with van der Waals surface area (Å²) in [6, 6.07) is 10.9. The number of nitrogens with zero attached hydrogens (tertiary/aromatic N) is 1. The fourth-order valence-electron chi connectivity index (χ4n) is 2.40. The van der Waals surface area contributed by atoms with Crippen LogP contribution in [-0.2, 0) is 4.74 Å². The lowest BCUT2D eigenvalue weighted by Gasteiger charge is -2.19. The van der Waals surface area contributed by atoms with Crippen molar-refractivity contribution in [2.45, 2.75) is 12.5 Å². The van der Waals surface area contributed by atoms with Crippen LogP contribution in [-0.4, -0.2) is 18.7 Å². The number of aliphatic imine (C=N–C) groups is 1. The maximum Gasteiger partial charge on any atom is 0.282 e. The molecule has 0 saturated heterocycles. The topological polar surface area (TPSA) is 47.6 Å². The Hall–Kier alpha value is -2.03. The van der Waals surface area contributed by atoms with Gasteiger partial charge in [0.2, 0.25) is 0 Å². The molecule has 0 spiro atoms. The maximum atomic E-state index is 5.54. The van der Waals surface area contributed by atoms with E-state index in [0.29, 0.717) is 18.5 Å². The van der Waals surface area contributed by atoms with Crippen LogP contribution in [0.3, 0.4) is 0 Å². The van der Waals surface area contributed by atoms with E-state index in [2.05, 4.69) is 47.5 Å². The maximum absolute atomic E-state index is 5.54. The van der Waals surface area contributed by atoms with Crippen molar-refractivity contribution in [3.05, 3.63) is 54.1 Å². The summed E-state index contributed by atoms with van der Waals surface area (Å²) in [6.07, 6.45) is 7.65. The predicted molar refractivity (Wildman–Crippen MR) is 73.0 cm³/mol. The Balaban J connectivity index is 1.71. The van der Waals surface area contributed by atoms with Gasteiger partial charge in [0, 0.05) is 5.92 Å². The summed E-state index contributed by atoms with van der Waals surface area (Å²) in [7, 11) is 0. The average Bonchev–Trinajstić information content (AvgIpc) is 2.87. The van der Waals surface area contributed by atoms with Gasteiger partial charge >= 0.3 is 0 Å². The molecule has 0 aromatic heterocycles. The monoisotopic (exact) mass is 240 g/mol. The minimum Gasteiger partial charge on any atom is -0.463 e. The molecule has 18 heavy (non-hydrogen) atoms. The molecular formula is C15H16N2O. The number of hydrogen-bond donors (Lipinski definition) is 1. The first kappa shape index (κ1) is 11.1. The Morgan fingerprint density at radius 3 is 2.67 bits per heavy atom. The first-order chi connectivity index (χ1) is 8.83. The molecule has 0 amide bonds. The highest BCUT2D eigenvalue weighted by atomic mass is 16.5. The first-order valence-corrected chi connectivity index (χ1v) is 6.23.